The maximum absolute atomic E-state index is 14.2. The minimum atomic E-state index is -0.440. The van der Waals surface area contributed by atoms with Crippen LogP contribution in [0, 0.1) is 19.7 Å². The van der Waals surface area contributed by atoms with Crippen molar-refractivity contribution in [3.05, 3.63) is 41.7 Å². The lowest BCUT2D eigenvalue weighted by atomic mass is 10.0. The molecule has 3 aromatic rings. The number of halogens is 1. The number of nitrogens with zero attached hydrogens (tertiary/aromatic N) is 2. The van der Waals surface area contributed by atoms with Gasteiger partial charge in [0.2, 0.25) is 0 Å². The smallest absolute Gasteiger partial charge is 0.141 e. The number of pyridine rings is 1. The summed E-state index contributed by atoms with van der Waals surface area (Å²) in [6.45, 7) is 3.49. The van der Waals surface area contributed by atoms with Gasteiger partial charge in [-0.25, -0.2) is 4.39 Å². The van der Waals surface area contributed by atoms with Crippen LogP contribution in [0.5, 0.6) is 5.75 Å². The van der Waals surface area contributed by atoms with Gasteiger partial charge in [0.1, 0.15) is 17.3 Å². The van der Waals surface area contributed by atoms with Crippen LogP contribution in [0.15, 0.2) is 28.9 Å². The standard InChI is InChI=1S/C14H11FN2O2/c1-7-14(8(2)19-17-7)9-6-12-10(5-11(9)15)13(18)3-4-16-12/h3-6H,1-2H3,(H,16,18). The molecule has 0 radical (unpaired) electrons. The quantitative estimate of drug-likeness (QED) is 0.727. The van der Waals surface area contributed by atoms with Crippen LogP contribution in [-0.2, 0) is 0 Å². The number of aromatic nitrogens is 2. The highest BCUT2D eigenvalue weighted by molar-refractivity contribution is 5.89. The lowest BCUT2D eigenvalue weighted by Gasteiger charge is -2.06. The SMILES string of the molecule is Cc1noc(C)c1-c1cc2nccc(O)c2cc1F. The molecule has 0 amide bonds. The number of hydrogen-bond donors (Lipinski definition) is 1. The van der Waals surface area contributed by atoms with Gasteiger partial charge < -0.3 is 9.63 Å². The van der Waals surface area contributed by atoms with E-state index in [-0.39, 0.29) is 5.75 Å². The van der Waals surface area contributed by atoms with Crippen molar-refractivity contribution in [1.29, 1.82) is 0 Å². The van der Waals surface area contributed by atoms with Gasteiger partial charge in [-0.3, -0.25) is 4.98 Å². The maximum atomic E-state index is 14.2. The van der Waals surface area contributed by atoms with Crippen molar-refractivity contribution < 1.29 is 14.0 Å². The Balaban J connectivity index is 2.34. The van der Waals surface area contributed by atoms with E-state index in [1.165, 1.54) is 18.3 Å². The monoisotopic (exact) mass is 258 g/mol. The van der Waals surface area contributed by atoms with Crippen molar-refractivity contribution in [3.63, 3.8) is 0 Å². The van der Waals surface area contributed by atoms with E-state index < -0.39 is 5.82 Å². The first-order valence-corrected chi connectivity index (χ1v) is 5.78. The van der Waals surface area contributed by atoms with Gasteiger partial charge in [-0.05, 0) is 32.0 Å². The van der Waals surface area contributed by atoms with Crippen molar-refractivity contribution in [2.24, 2.45) is 0 Å². The van der Waals surface area contributed by atoms with Crippen LogP contribution < -0.4 is 0 Å². The summed E-state index contributed by atoms with van der Waals surface area (Å²) < 4.78 is 19.3. The van der Waals surface area contributed by atoms with E-state index >= 15 is 0 Å². The van der Waals surface area contributed by atoms with Gasteiger partial charge in [-0.2, -0.15) is 0 Å². The molecule has 2 heterocycles. The maximum Gasteiger partial charge on any atom is 0.141 e. The van der Waals surface area contributed by atoms with Gasteiger partial charge in [0, 0.05) is 17.1 Å². The molecule has 1 aromatic carbocycles. The van der Waals surface area contributed by atoms with Crippen molar-refractivity contribution in [3.8, 4) is 16.9 Å². The van der Waals surface area contributed by atoms with Gasteiger partial charge in [-0.15, -0.1) is 0 Å². The molecule has 0 fully saturated rings. The van der Waals surface area contributed by atoms with Crippen LogP contribution in [0.2, 0.25) is 0 Å². The zero-order valence-corrected chi connectivity index (χ0v) is 10.4. The number of aromatic hydroxyl groups is 1. The summed E-state index contributed by atoms with van der Waals surface area (Å²) in [6.07, 6.45) is 1.48. The van der Waals surface area contributed by atoms with E-state index in [4.69, 9.17) is 4.52 Å². The molecule has 0 saturated carbocycles. The molecule has 19 heavy (non-hydrogen) atoms. The fraction of sp³-hybridized carbons (Fsp3) is 0.143. The molecule has 0 saturated heterocycles. The lowest BCUT2D eigenvalue weighted by Crippen LogP contribution is -1.90. The Bertz CT molecular complexity index is 761. The van der Waals surface area contributed by atoms with Crippen LogP contribution >= 0.6 is 0 Å². The molecule has 0 atom stereocenters. The van der Waals surface area contributed by atoms with Crippen molar-refractivity contribution >= 4 is 10.9 Å². The van der Waals surface area contributed by atoms with Gasteiger partial charge in [-0.1, -0.05) is 5.16 Å². The Morgan fingerprint density at radius 2 is 2.05 bits per heavy atom. The number of benzene rings is 1. The molecule has 1 N–H and O–H groups in total. The van der Waals surface area contributed by atoms with E-state index in [0.29, 0.717) is 33.5 Å². The van der Waals surface area contributed by atoms with Crippen LogP contribution in [0.4, 0.5) is 4.39 Å². The summed E-state index contributed by atoms with van der Waals surface area (Å²) in [5.41, 5.74) is 2.15. The molecule has 2 aromatic heterocycles. The van der Waals surface area contributed by atoms with Crippen molar-refractivity contribution in [1.82, 2.24) is 10.1 Å². The summed E-state index contributed by atoms with van der Waals surface area (Å²) in [4.78, 5) is 4.14. The first kappa shape index (κ1) is 11.6. The third-order valence-corrected chi connectivity index (χ3v) is 3.11. The molecule has 5 heteroatoms. The third-order valence-electron chi connectivity index (χ3n) is 3.11. The van der Waals surface area contributed by atoms with E-state index in [1.807, 2.05) is 0 Å². The second-order valence-corrected chi connectivity index (χ2v) is 4.38. The second-order valence-electron chi connectivity index (χ2n) is 4.38. The molecule has 4 nitrogen and oxygen atoms in total. The molecular formula is C14H11FN2O2. The number of hydrogen-bond acceptors (Lipinski definition) is 4. The van der Waals surface area contributed by atoms with Gasteiger partial charge in [0.25, 0.3) is 0 Å². The number of fused-ring (bicyclic) bond motifs is 1. The molecule has 0 spiro atoms. The molecule has 0 aliphatic rings. The normalized spacial score (nSPS) is 11.1. The summed E-state index contributed by atoms with van der Waals surface area (Å²) in [6, 6.07) is 4.30. The average Bonchev–Trinajstić information content (AvgIpc) is 2.70. The summed E-state index contributed by atoms with van der Waals surface area (Å²) >= 11 is 0. The molecule has 0 aliphatic heterocycles. The lowest BCUT2D eigenvalue weighted by molar-refractivity contribution is 0.393. The average molecular weight is 258 g/mol. The zero-order valence-electron chi connectivity index (χ0n) is 10.4. The van der Waals surface area contributed by atoms with Gasteiger partial charge in [0.15, 0.2) is 0 Å². The van der Waals surface area contributed by atoms with Crippen LogP contribution in [-0.4, -0.2) is 15.2 Å². The van der Waals surface area contributed by atoms with Crippen LogP contribution in [0.1, 0.15) is 11.5 Å². The molecule has 0 unspecified atom stereocenters. The Morgan fingerprint density at radius 1 is 1.26 bits per heavy atom. The summed E-state index contributed by atoms with van der Waals surface area (Å²) in [5.74, 6) is 0.121. The molecule has 0 aliphatic carbocycles. The van der Waals surface area contributed by atoms with Crippen molar-refractivity contribution in [2.45, 2.75) is 13.8 Å². The largest absolute Gasteiger partial charge is 0.507 e. The molecule has 3 rings (SSSR count). The highest BCUT2D eigenvalue weighted by atomic mass is 19.1. The van der Waals surface area contributed by atoms with E-state index in [0.717, 1.165) is 0 Å². The van der Waals surface area contributed by atoms with E-state index in [9.17, 15) is 9.50 Å². The Morgan fingerprint density at radius 3 is 2.74 bits per heavy atom. The molecule has 96 valence electrons. The summed E-state index contributed by atoms with van der Waals surface area (Å²) in [5, 5.41) is 13.9. The highest BCUT2D eigenvalue weighted by Gasteiger charge is 2.17. The molecular weight excluding hydrogens is 247 g/mol. The number of rotatable bonds is 1. The van der Waals surface area contributed by atoms with Crippen LogP contribution in [0.25, 0.3) is 22.0 Å². The minimum Gasteiger partial charge on any atom is -0.507 e. The second kappa shape index (κ2) is 4.05. The predicted molar refractivity (Wildman–Crippen MR) is 68.3 cm³/mol. The third kappa shape index (κ3) is 1.74. The number of aryl methyl sites for hydroxylation is 2. The van der Waals surface area contributed by atoms with E-state index in [2.05, 4.69) is 10.1 Å². The fourth-order valence-corrected chi connectivity index (χ4v) is 2.21. The Labute approximate surface area is 108 Å². The van der Waals surface area contributed by atoms with Gasteiger partial charge in [0.05, 0.1) is 16.8 Å². The van der Waals surface area contributed by atoms with Crippen molar-refractivity contribution in [2.75, 3.05) is 0 Å². The topological polar surface area (TPSA) is 59.2 Å². The Hall–Kier alpha value is -2.43. The fourth-order valence-electron chi connectivity index (χ4n) is 2.21. The van der Waals surface area contributed by atoms with E-state index in [1.54, 1.807) is 19.9 Å². The predicted octanol–water partition coefficient (Wildman–Crippen LogP) is 3.35. The van der Waals surface area contributed by atoms with Gasteiger partial charge >= 0.3 is 0 Å². The highest BCUT2D eigenvalue weighted by Crippen LogP contribution is 2.33. The molecule has 0 bridgehead atoms. The first-order valence-electron chi connectivity index (χ1n) is 5.78. The Kier molecular flexibility index (Phi) is 2.48. The minimum absolute atomic E-state index is 0.00853. The summed E-state index contributed by atoms with van der Waals surface area (Å²) in [7, 11) is 0. The van der Waals surface area contributed by atoms with Crippen LogP contribution in [0.3, 0.4) is 0 Å². The first-order chi connectivity index (χ1) is 9.08. The zero-order chi connectivity index (χ0) is 13.6.